The fourth-order valence-electron chi connectivity index (χ4n) is 13.9. The van der Waals surface area contributed by atoms with Crippen molar-refractivity contribution >= 4 is 66.5 Å². The van der Waals surface area contributed by atoms with Crippen LogP contribution in [-0.4, -0.2) is 14.9 Å². The number of aromatic nitrogens is 2. The normalized spacial score (nSPS) is 14.5. The van der Waals surface area contributed by atoms with Crippen molar-refractivity contribution in [1.29, 1.82) is 0 Å². The van der Waals surface area contributed by atoms with Crippen molar-refractivity contribution in [2.24, 2.45) is 0 Å². The Morgan fingerprint density at radius 2 is 0.693 bits per heavy atom. The van der Waals surface area contributed by atoms with Crippen LogP contribution >= 0.6 is 0 Å². The van der Waals surface area contributed by atoms with Crippen LogP contribution in [0, 0.1) is 0 Å². The van der Waals surface area contributed by atoms with Crippen molar-refractivity contribution in [3.05, 3.63) is 293 Å². The first kappa shape index (κ1) is 42.0. The predicted octanol–water partition coefficient (Wildman–Crippen LogP) is 17.6. The number of benzene rings is 11. The van der Waals surface area contributed by atoms with Crippen LogP contribution in [0.3, 0.4) is 0 Å². The zero-order chi connectivity index (χ0) is 49.7. The molecule has 16 rings (SSSR count). The molecule has 4 nitrogen and oxygen atoms in total. The Labute approximate surface area is 434 Å². The molecule has 11 aromatic carbocycles. The molecule has 1 spiro atoms. The zero-order valence-electron chi connectivity index (χ0n) is 41.4. The first-order valence-electron chi connectivity index (χ1n) is 26.0. The van der Waals surface area contributed by atoms with Crippen molar-refractivity contribution in [1.82, 2.24) is 9.13 Å². The molecule has 3 aliphatic rings. The Bertz CT molecular complexity index is 4280. The van der Waals surface area contributed by atoms with Gasteiger partial charge in [0.05, 0.1) is 38.9 Å². The number of para-hydroxylation sites is 4. The van der Waals surface area contributed by atoms with Gasteiger partial charge in [-0.05, 0) is 122 Å². The van der Waals surface area contributed by atoms with Gasteiger partial charge in [-0.25, -0.2) is 0 Å². The lowest BCUT2D eigenvalue weighted by Gasteiger charge is -2.45. The van der Waals surface area contributed by atoms with Crippen molar-refractivity contribution in [3.8, 4) is 33.6 Å². The highest BCUT2D eigenvalue weighted by Gasteiger charge is 2.52. The molecule has 0 radical (unpaired) electrons. The lowest BCUT2D eigenvalue weighted by molar-refractivity contribution is 0.103. The van der Waals surface area contributed by atoms with E-state index in [1.165, 1.54) is 77.0 Å². The zero-order valence-corrected chi connectivity index (χ0v) is 41.4. The van der Waals surface area contributed by atoms with Crippen LogP contribution in [0.25, 0.3) is 77.2 Å². The smallest absolute Gasteiger partial charge is 0.193 e. The van der Waals surface area contributed by atoms with Gasteiger partial charge in [-0.3, -0.25) is 4.79 Å². The van der Waals surface area contributed by atoms with E-state index in [0.29, 0.717) is 0 Å². The monoisotopic (exact) mass is 957 g/mol. The maximum absolute atomic E-state index is 13.9. The minimum absolute atomic E-state index is 0.0927. The summed E-state index contributed by atoms with van der Waals surface area (Å²) in [6, 6.07) is 91.4. The molecule has 0 amide bonds. The molecular formula is C71H47N3O. The number of carbonyl (C=O) groups excluding carboxylic acids is 1. The minimum atomic E-state index is -0.640. The van der Waals surface area contributed by atoms with Crippen LogP contribution in [-0.2, 0) is 10.8 Å². The standard InChI is InChI=1S/C71H47N3O/c1-70(2)57-24-10-5-23-55(57)69(75)56-38-33-45(41-62(56)70)44-31-34-46(35-32-44)72-67-42-47(73-63-27-13-6-19-51(63)52-20-7-14-28-64(52)73)36-39-60(67)71(58-25-11-3-17-49(58)50-18-4-12-26-59(50)71)61-40-37-48(43-68(61)72)74-65-29-15-8-21-53(65)54-22-9-16-30-66(54)74/h3-43H,1-2H3. The highest BCUT2D eigenvalue weighted by Crippen LogP contribution is 2.64. The summed E-state index contributed by atoms with van der Waals surface area (Å²) in [5, 5.41) is 4.92. The number of rotatable bonds is 4. The topological polar surface area (TPSA) is 30.2 Å². The van der Waals surface area contributed by atoms with Crippen molar-refractivity contribution in [2.45, 2.75) is 24.7 Å². The van der Waals surface area contributed by atoms with Crippen molar-refractivity contribution in [2.75, 3.05) is 4.90 Å². The van der Waals surface area contributed by atoms with E-state index in [0.717, 1.165) is 61.8 Å². The van der Waals surface area contributed by atoms with Crippen LogP contribution in [0.4, 0.5) is 17.1 Å². The van der Waals surface area contributed by atoms with E-state index in [4.69, 9.17) is 0 Å². The van der Waals surface area contributed by atoms with Gasteiger partial charge >= 0.3 is 0 Å². The summed E-state index contributed by atoms with van der Waals surface area (Å²) in [5.41, 5.74) is 22.6. The van der Waals surface area contributed by atoms with E-state index in [1.807, 2.05) is 24.3 Å². The molecule has 3 heterocycles. The van der Waals surface area contributed by atoms with Gasteiger partial charge in [0.25, 0.3) is 0 Å². The molecule has 13 aromatic rings. The van der Waals surface area contributed by atoms with Crippen LogP contribution in [0.15, 0.2) is 249 Å². The Balaban J connectivity index is 0.972. The lowest BCUT2D eigenvalue weighted by Crippen LogP contribution is -2.36. The second kappa shape index (κ2) is 15.3. The third kappa shape index (κ3) is 5.58. The maximum atomic E-state index is 13.9. The molecule has 4 heteroatoms. The molecular weight excluding hydrogens is 911 g/mol. The molecule has 0 saturated heterocycles. The Morgan fingerprint density at radius 1 is 0.307 bits per heavy atom. The van der Waals surface area contributed by atoms with E-state index in [2.05, 4.69) is 252 Å². The highest BCUT2D eigenvalue weighted by atomic mass is 16.1. The van der Waals surface area contributed by atoms with E-state index in [-0.39, 0.29) is 11.2 Å². The molecule has 1 aliphatic heterocycles. The van der Waals surface area contributed by atoms with Gasteiger partial charge in [-0.15, -0.1) is 0 Å². The number of fused-ring (bicyclic) bond motifs is 17. The second-order valence-corrected chi connectivity index (χ2v) is 21.1. The number of anilines is 3. The van der Waals surface area contributed by atoms with Gasteiger partial charge in [0.1, 0.15) is 0 Å². The lowest BCUT2D eigenvalue weighted by atomic mass is 9.64. The fourth-order valence-corrected chi connectivity index (χ4v) is 13.9. The third-order valence-corrected chi connectivity index (χ3v) is 17.1. The van der Waals surface area contributed by atoms with Crippen molar-refractivity contribution in [3.63, 3.8) is 0 Å². The summed E-state index contributed by atoms with van der Waals surface area (Å²) in [6.07, 6.45) is 0. The fraction of sp³-hybridized carbons (Fsp3) is 0.0563. The van der Waals surface area contributed by atoms with Gasteiger partial charge in [0, 0.05) is 55.1 Å². The summed E-state index contributed by atoms with van der Waals surface area (Å²) < 4.78 is 4.89. The minimum Gasteiger partial charge on any atom is -0.310 e. The van der Waals surface area contributed by atoms with Crippen LogP contribution in [0.5, 0.6) is 0 Å². The molecule has 2 aromatic heterocycles. The average Bonchev–Trinajstić information content (AvgIpc) is 4.28. The van der Waals surface area contributed by atoms with Gasteiger partial charge in [0.15, 0.2) is 5.78 Å². The molecule has 2 aliphatic carbocycles. The van der Waals surface area contributed by atoms with Gasteiger partial charge < -0.3 is 14.0 Å². The largest absolute Gasteiger partial charge is 0.310 e. The molecule has 0 fully saturated rings. The van der Waals surface area contributed by atoms with Crippen LogP contribution in [0.1, 0.15) is 63.1 Å². The Kier molecular flexibility index (Phi) is 8.56. The van der Waals surface area contributed by atoms with Gasteiger partial charge in [-0.1, -0.05) is 196 Å². The SMILES string of the molecule is CC1(C)c2ccccc2C(=O)c2ccc(-c3ccc(N4c5cc(-n6c7ccccc7c7ccccc76)ccc5C5(c6ccccc6-c6ccccc65)c5ccc(-n6c7ccccc7c7ccccc76)cc54)cc3)cc21. The third-order valence-electron chi connectivity index (χ3n) is 17.1. The second-order valence-electron chi connectivity index (χ2n) is 21.1. The molecule has 352 valence electrons. The molecule has 0 unspecified atom stereocenters. The van der Waals surface area contributed by atoms with Crippen LogP contribution < -0.4 is 4.90 Å². The summed E-state index contributed by atoms with van der Waals surface area (Å²) in [6.45, 7) is 4.48. The number of hydrogen-bond donors (Lipinski definition) is 0. The predicted molar refractivity (Wildman–Crippen MR) is 308 cm³/mol. The number of ketones is 1. The number of hydrogen-bond acceptors (Lipinski definition) is 2. The van der Waals surface area contributed by atoms with Gasteiger partial charge in [0.2, 0.25) is 0 Å². The number of nitrogens with zero attached hydrogens (tertiary/aromatic N) is 3. The summed E-state index contributed by atoms with van der Waals surface area (Å²) in [5.74, 6) is 0.0927. The van der Waals surface area contributed by atoms with Crippen LogP contribution in [0.2, 0.25) is 0 Å². The number of carbonyl (C=O) groups is 1. The van der Waals surface area contributed by atoms with Crippen molar-refractivity contribution < 1.29 is 4.79 Å². The van der Waals surface area contributed by atoms with E-state index >= 15 is 0 Å². The first-order chi connectivity index (χ1) is 36.9. The molecule has 0 N–H and O–H groups in total. The Morgan fingerprint density at radius 3 is 1.19 bits per heavy atom. The Hall–Kier alpha value is -9.51. The first-order valence-corrected chi connectivity index (χ1v) is 26.0. The molecule has 0 bridgehead atoms. The van der Waals surface area contributed by atoms with E-state index < -0.39 is 5.41 Å². The molecule has 0 atom stereocenters. The quantitative estimate of drug-likeness (QED) is 0.176. The molecule has 75 heavy (non-hydrogen) atoms. The summed E-state index contributed by atoms with van der Waals surface area (Å²) >= 11 is 0. The average molecular weight is 958 g/mol. The highest BCUT2D eigenvalue weighted by molar-refractivity contribution is 6.14. The molecule has 0 saturated carbocycles. The van der Waals surface area contributed by atoms with E-state index in [9.17, 15) is 4.79 Å². The summed E-state index contributed by atoms with van der Waals surface area (Å²) in [4.78, 5) is 16.5. The van der Waals surface area contributed by atoms with E-state index in [1.54, 1.807) is 0 Å². The maximum Gasteiger partial charge on any atom is 0.193 e. The summed E-state index contributed by atoms with van der Waals surface area (Å²) in [7, 11) is 0. The van der Waals surface area contributed by atoms with Gasteiger partial charge in [-0.2, -0.15) is 0 Å².